The zero-order valence-electron chi connectivity index (χ0n) is 13.3. The van der Waals surface area contributed by atoms with Crippen LogP contribution in [0.5, 0.6) is 0 Å². The molecule has 1 aromatic carbocycles. The van der Waals surface area contributed by atoms with Crippen LogP contribution in [0, 0.1) is 5.92 Å². The SMILES string of the molecule is CN(CCO)C(=O)C1CCN(S(=O)(=O)c2cc(Br)ccc2Br)CC1. The molecule has 2 rings (SSSR count). The lowest BCUT2D eigenvalue weighted by Gasteiger charge is -2.32. The lowest BCUT2D eigenvalue weighted by molar-refractivity contribution is -0.135. The smallest absolute Gasteiger partial charge is 0.244 e. The molecule has 1 N–H and O–H groups in total. The monoisotopic (exact) mass is 482 g/mol. The van der Waals surface area contributed by atoms with Crippen molar-refractivity contribution in [3.63, 3.8) is 0 Å². The fourth-order valence-corrected chi connectivity index (χ4v) is 5.66. The van der Waals surface area contributed by atoms with Gasteiger partial charge < -0.3 is 10.0 Å². The molecule has 1 saturated heterocycles. The Labute approximate surface area is 159 Å². The lowest BCUT2D eigenvalue weighted by Crippen LogP contribution is -2.44. The van der Waals surface area contributed by atoms with E-state index in [-0.39, 0.29) is 23.3 Å². The van der Waals surface area contributed by atoms with Gasteiger partial charge in [-0.3, -0.25) is 4.79 Å². The van der Waals surface area contributed by atoms with Crippen molar-refractivity contribution in [2.24, 2.45) is 5.92 Å². The number of aliphatic hydroxyl groups is 1. The van der Waals surface area contributed by atoms with Crippen LogP contribution in [0.1, 0.15) is 12.8 Å². The lowest BCUT2D eigenvalue weighted by atomic mass is 9.97. The number of halogens is 2. The topological polar surface area (TPSA) is 77.9 Å². The third kappa shape index (κ3) is 4.37. The summed E-state index contributed by atoms with van der Waals surface area (Å²) < 4.78 is 28.3. The molecule has 0 aliphatic carbocycles. The minimum absolute atomic E-state index is 0.0373. The Morgan fingerprint density at radius 1 is 1.33 bits per heavy atom. The van der Waals surface area contributed by atoms with Crippen LogP contribution in [0.3, 0.4) is 0 Å². The number of nitrogens with zero attached hydrogens (tertiary/aromatic N) is 2. The van der Waals surface area contributed by atoms with Crippen LogP contribution in [0.2, 0.25) is 0 Å². The summed E-state index contributed by atoms with van der Waals surface area (Å²) in [6.07, 6.45) is 0.971. The van der Waals surface area contributed by atoms with Crippen LogP contribution in [0.15, 0.2) is 32.0 Å². The maximum Gasteiger partial charge on any atom is 0.244 e. The molecule has 1 amide bonds. The van der Waals surface area contributed by atoms with Crippen molar-refractivity contribution in [3.05, 3.63) is 27.1 Å². The second-order valence-corrected chi connectivity index (χ2v) is 9.41. The highest BCUT2D eigenvalue weighted by atomic mass is 79.9. The number of carbonyl (C=O) groups is 1. The van der Waals surface area contributed by atoms with Crippen molar-refractivity contribution in [2.45, 2.75) is 17.7 Å². The summed E-state index contributed by atoms with van der Waals surface area (Å²) in [6, 6.07) is 5.04. The molecule has 6 nitrogen and oxygen atoms in total. The van der Waals surface area contributed by atoms with Gasteiger partial charge in [0.25, 0.3) is 0 Å². The van der Waals surface area contributed by atoms with E-state index in [2.05, 4.69) is 31.9 Å². The molecule has 0 unspecified atom stereocenters. The van der Waals surface area contributed by atoms with Gasteiger partial charge in [0.05, 0.1) is 11.5 Å². The Balaban J connectivity index is 2.08. The molecule has 0 radical (unpaired) electrons. The molecule has 0 bridgehead atoms. The molecule has 0 spiro atoms. The van der Waals surface area contributed by atoms with E-state index < -0.39 is 10.0 Å². The number of hydrogen-bond acceptors (Lipinski definition) is 4. The normalized spacial score (nSPS) is 17.0. The Kier molecular flexibility index (Phi) is 6.83. The summed E-state index contributed by atoms with van der Waals surface area (Å²) in [5.41, 5.74) is 0. The average Bonchev–Trinajstić information content (AvgIpc) is 2.56. The molecular formula is C15H20Br2N2O4S. The van der Waals surface area contributed by atoms with Gasteiger partial charge in [-0.15, -0.1) is 0 Å². The molecule has 0 saturated carbocycles. The Hall–Kier alpha value is -0.480. The predicted molar refractivity (Wildman–Crippen MR) is 98.0 cm³/mol. The number of aliphatic hydroxyl groups excluding tert-OH is 1. The number of benzene rings is 1. The first-order chi connectivity index (χ1) is 11.3. The predicted octanol–water partition coefficient (Wildman–Crippen LogP) is 2.06. The third-order valence-corrected chi connectivity index (χ3v) is 7.51. The van der Waals surface area contributed by atoms with E-state index in [4.69, 9.17) is 5.11 Å². The molecule has 1 aliphatic rings. The number of hydrogen-bond donors (Lipinski definition) is 1. The van der Waals surface area contributed by atoms with E-state index in [1.54, 1.807) is 25.2 Å². The van der Waals surface area contributed by atoms with E-state index in [1.165, 1.54) is 9.21 Å². The van der Waals surface area contributed by atoms with Crippen LogP contribution in [-0.4, -0.2) is 61.9 Å². The number of sulfonamides is 1. The van der Waals surface area contributed by atoms with Crippen molar-refractivity contribution in [3.8, 4) is 0 Å². The van der Waals surface area contributed by atoms with Crippen molar-refractivity contribution >= 4 is 47.8 Å². The fraction of sp³-hybridized carbons (Fsp3) is 0.533. The molecule has 24 heavy (non-hydrogen) atoms. The summed E-state index contributed by atoms with van der Waals surface area (Å²) in [5.74, 6) is -0.233. The number of piperidine rings is 1. The van der Waals surface area contributed by atoms with Gasteiger partial charge in [-0.1, -0.05) is 15.9 Å². The van der Waals surface area contributed by atoms with Crippen LogP contribution in [0.25, 0.3) is 0 Å². The number of likely N-dealkylation sites (N-methyl/N-ethyl adjacent to an activating group) is 1. The highest BCUT2D eigenvalue weighted by molar-refractivity contribution is 9.11. The maximum atomic E-state index is 12.8. The van der Waals surface area contributed by atoms with E-state index in [1.807, 2.05) is 0 Å². The number of carbonyl (C=O) groups excluding carboxylic acids is 1. The quantitative estimate of drug-likeness (QED) is 0.695. The molecular weight excluding hydrogens is 464 g/mol. The van der Waals surface area contributed by atoms with Crippen LogP contribution in [0.4, 0.5) is 0 Å². The summed E-state index contributed by atoms with van der Waals surface area (Å²) in [7, 11) is -1.95. The van der Waals surface area contributed by atoms with E-state index in [0.717, 1.165) is 0 Å². The molecule has 134 valence electrons. The van der Waals surface area contributed by atoms with Crippen LogP contribution >= 0.6 is 31.9 Å². The molecule has 0 aromatic heterocycles. The summed E-state index contributed by atoms with van der Waals surface area (Å²) in [4.78, 5) is 14.0. The first-order valence-electron chi connectivity index (χ1n) is 7.58. The third-order valence-electron chi connectivity index (χ3n) is 4.13. The van der Waals surface area contributed by atoms with E-state index in [9.17, 15) is 13.2 Å². The highest BCUT2D eigenvalue weighted by Crippen LogP contribution is 2.31. The van der Waals surface area contributed by atoms with E-state index in [0.29, 0.717) is 41.4 Å². The van der Waals surface area contributed by atoms with Crippen molar-refractivity contribution in [1.82, 2.24) is 9.21 Å². The molecule has 0 atom stereocenters. The number of amides is 1. The van der Waals surface area contributed by atoms with Crippen molar-refractivity contribution in [2.75, 3.05) is 33.3 Å². The van der Waals surface area contributed by atoms with Gasteiger partial charge >= 0.3 is 0 Å². The van der Waals surface area contributed by atoms with Gasteiger partial charge in [-0.25, -0.2) is 8.42 Å². The van der Waals surface area contributed by atoms with Crippen molar-refractivity contribution in [1.29, 1.82) is 0 Å². The first kappa shape index (κ1) is 19.8. The molecule has 9 heteroatoms. The van der Waals surface area contributed by atoms with Crippen LogP contribution < -0.4 is 0 Å². The van der Waals surface area contributed by atoms with Gasteiger partial charge in [0.2, 0.25) is 15.9 Å². The minimum Gasteiger partial charge on any atom is -0.395 e. The van der Waals surface area contributed by atoms with Gasteiger partial charge in [-0.2, -0.15) is 4.31 Å². The molecule has 1 heterocycles. The molecule has 1 fully saturated rings. The second-order valence-electron chi connectivity index (χ2n) is 5.74. The molecule has 1 aromatic rings. The Morgan fingerprint density at radius 3 is 2.54 bits per heavy atom. The summed E-state index contributed by atoms with van der Waals surface area (Å²) in [5, 5.41) is 8.92. The largest absolute Gasteiger partial charge is 0.395 e. The Morgan fingerprint density at radius 2 is 1.96 bits per heavy atom. The van der Waals surface area contributed by atoms with Gasteiger partial charge in [0.1, 0.15) is 0 Å². The zero-order chi connectivity index (χ0) is 17.9. The Bertz CT molecular complexity index is 703. The first-order valence-corrected chi connectivity index (χ1v) is 10.6. The van der Waals surface area contributed by atoms with E-state index >= 15 is 0 Å². The van der Waals surface area contributed by atoms with Gasteiger partial charge in [0, 0.05) is 41.5 Å². The zero-order valence-corrected chi connectivity index (χ0v) is 17.3. The van der Waals surface area contributed by atoms with Crippen LogP contribution in [-0.2, 0) is 14.8 Å². The molecule has 1 aliphatic heterocycles. The minimum atomic E-state index is -3.60. The maximum absolute atomic E-state index is 12.8. The standard InChI is InChI=1S/C15H20Br2N2O4S/c1-18(8-9-20)15(21)11-4-6-19(7-5-11)24(22,23)14-10-12(16)2-3-13(14)17/h2-3,10-11,20H,4-9H2,1H3. The highest BCUT2D eigenvalue weighted by Gasteiger charge is 2.34. The van der Waals surface area contributed by atoms with Gasteiger partial charge in [-0.05, 0) is 47.0 Å². The summed E-state index contributed by atoms with van der Waals surface area (Å²) in [6.45, 7) is 0.837. The summed E-state index contributed by atoms with van der Waals surface area (Å²) >= 11 is 6.59. The average molecular weight is 484 g/mol. The van der Waals surface area contributed by atoms with Crippen molar-refractivity contribution < 1.29 is 18.3 Å². The second kappa shape index (κ2) is 8.27. The number of rotatable bonds is 5. The fourth-order valence-electron chi connectivity index (χ4n) is 2.73. The van der Waals surface area contributed by atoms with Gasteiger partial charge in [0.15, 0.2) is 0 Å².